The Balaban J connectivity index is 1.61. The first-order valence-electron chi connectivity index (χ1n) is 11.1. The van der Waals surface area contributed by atoms with Crippen molar-refractivity contribution in [3.05, 3.63) is 120 Å². The lowest BCUT2D eigenvalue weighted by Gasteiger charge is -2.39. The molecule has 3 atom stereocenters. The molecule has 1 fully saturated rings. The number of ether oxygens (including phenoxy) is 3. The first-order chi connectivity index (χ1) is 15.9. The van der Waals surface area contributed by atoms with Crippen molar-refractivity contribution in [3.8, 4) is 0 Å². The molecule has 0 saturated carbocycles. The Bertz CT molecular complexity index is 1030. The molecule has 2 aliphatic rings. The van der Waals surface area contributed by atoms with Gasteiger partial charge < -0.3 is 19.3 Å². The topological polar surface area (TPSA) is 47.9 Å². The highest BCUT2D eigenvalue weighted by Crippen LogP contribution is 2.47. The van der Waals surface area contributed by atoms with Crippen molar-refractivity contribution in [1.82, 2.24) is 0 Å². The van der Waals surface area contributed by atoms with E-state index in [0.717, 1.165) is 16.7 Å². The predicted octanol–water partition coefficient (Wildman–Crippen LogP) is 5.11. The van der Waals surface area contributed by atoms with Crippen molar-refractivity contribution in [1.29, 1.82) is 0 Å². The molecular formula is C28H27FO4. The van der Waals surface area contributed by atoms with Gasteiger partial charge in [0, 0.05) is 0 Å². The van der Waals surface area contributed by atoms with Crippen LogP contribution >= 0.6 is 0 Å². The fourth-order valence-corrected chi connectivity index (χ4v) is 4.84. The van der Waals surface area contributed by atoms with Crippen molar-refractivity contribution in [3.63, 3.8) is 0 Å². The van der Waals surface area contributed by atoms with Gasteiger partial charge in [0.05, 0.1) is 6.61 Å². The molecule has 0 bridgehead atoms. The van der Waals surface area contributed by atoms with Gasteiger partial charge in [0.25, 0.3) is 0 Å². The fraction of sp³-hybridized carbons (Fsp3) is 0.286. The number of hydrogen-bond acceptors (Lipinski definition) is 4. The minimum absolute atomic E-state index is 0.325. The van der Waals surface area contributed by atoms with Gasteiger partial charge in [0.2, 0.25) is 0 Å². The molecule has 1 N–H and O–H groups in total. The molecule has 1 aliphatic heterocycles. The molecule has 0 amide bonds. The van der Waals surface area contributed by atoms with Crippen LogP contribution in [0.4, 0.5) is 4.39 Å². The number of halogens is 1. The van der Waals surface area contributed by atoms with E-state index < -0.39 is 35.0 Å². The maximum atomic E-state index is 15.1. The number of aliphatic hydroxyl groups is 1. The van der Waals surface area contributed by atoms with Crippen molar-refractivity contribution < 1.29 is 23.7 Å². The lowest BCUT2D eigenvalue weighted by molar-refractivity contribution is -0.184. The molecule has 1 aliphatic carbocycles. The van der Waals surface area contributed by atoms with Crippen molar-refractivity contribution in [2.24, 2.45) is 0 Å². The minimum atomic E-state index is -1.97. The molecule has 3 aromatic carbocycles. The average molecular weight is 447 g/mol. The summed E-state index contributed by atoms with van der Waals surface area (Å²) in [6.07, 6.45) is -0.279. The SMILES string of the molecule is CC1(C)O[C@H]2C=C(F)[C@@](O)(COC(c3ccccc3)(c3ccccc3)c3ccccc3)[C@H]2O1. The van der Waals surface area contributed by atoms with Crippen LogP contribution in [-0.4, -0.2) is 35.3 Å². The predicted molar refractivity (Wildman–Crippen MR) is 123 cm³/mol. The van der Waals surface area contributed by atoms with E-state index in [9.17, 15) is 5.11 Å². The molecule has 4 nitrogen and oxygen atoms in total. The third-order valence-corrected chi connectivity index (χ3v) is 6.37. The van der Waals surface area contributed by atoms with E-state index in [0.29, 0.717) is 0 Å². The number of benzene rings is 3. The van der Waals surface area contributed by atoms with E-state index in [1.807, 2.05) is 91.0 Å². The van der Waals surface area contributed by atoms with Crippen LogP contribution in [-0.2, 0) is 19.8 Å². The first kappa shape index (κ1) is 22.0. The molecule has 0 aromatic heterocycles. The van der Waals surface area contributed by atoms with E-state index in [-0.39, 0.29) is 6.61 Å². The lowest BCUT2D eigenvalue weighted by atomic mass is 9.80. The summed E-state index contributed by atoms with van der Waals surface area (Å²) >= 11 is 0. The van der Waals surface area contributed by atoms with Crippen LogP contribution in [0.5, 0.6) is 0 Å². The van der Waals surface area contributed by atoms with E-state index in [4.69, 9.17) is 14.2 Å². The highest BCUT2D eigenvalue weighted by molar-refractivity contribution is 5.47. The zero-order valence-electron chi connectivity index (χ0n) is 18.6. The molecule has 0 radical (unpaired) electrons. The van der Waals surface area contributed by atoms with Crippen LogP contribution in [0.2, 0.25) is 0 Å². The molecule has 1 saturated heterocycles. The standard InChI is InChI=1S/C28H27FO4/c1-26(2)32-23-18-24(29)27(30,25(23)33-26)19-31-28(20-12-6-3-7-13-20,21-14-8-4-9-15-21)22-16-10-5-11-17-22/h3-18,23,25,30H,19H2,1-2H3/t23-,25-,27-/m0/s1. The Labute approximate surface area is 193 Å². The third-order valence-electron chi connectivity index (χ3n) is 6.37. The van der Waals surface area contributed by atoms with Crippen LogP contribution in [0.25, 0.3) is 0 Å². The largest absolute Gasteiger partial charge is 0.378 e. The molecule has 3 aromatic rings. The van der Waals surface area contributed by atoms with Crippen molar-refractivity contribution >= 4 is 0 Å². The normalized spacial score (nSPS) is 26.1. The second kappa shape index (κ2) is 8.19. The highest BCUT2D eigenvalue weighted by Gasteiger charge is 2.59. The van der Waals surface area contributed by atoms with E-state index in [2.05, 4.69) is 0 Å². The number of fused-ring (bicyclic) bond motifs is 1. The van der Waals surface area contributed by atoms with Gasteiger partial charge in [0.1, 0.15) is 23.6 Å². The van der Waals surface area contributed by atoms with Crippen LogP contribution in [0.15, 0.2) is 103 Å². The van der Waals surface area contributed by atoms with Gasteiger partial charge in [0.15, 0.2) is 11.4 Å². The number of hydrogen-bond donors (Lipinski definition) is 1. The van der Waals surface area contributed by atoms with Gasteiger partial charge in [-0.25, -0.2) is 4.39 Å². The minimum Gasteiger partial charge on any atom is -0.378 e. The van der Waals surface area contributed by atoms with Gasteiger partial charge in [-0.15, -0.1) is 0 Å². The smallest absolute Gasteiger partial charge is 0.168 e. The maximum Gasteiger partial charge on any atom is 0.168 e. The molecular weight excluding hydrogens is 419 g/mol. The van der Waals surface area contributed by atoms with Gasteiger partial charge in [-0.3, -0.25) is 0 Å². The summed E-state index contributed by atoms with van der Waals surface area (Å²) in [6.45, 7) is 3.18. The third kappa shape index (κ3) is 3.71. The zero-order valence-corrected chi connectivity index (χ0v) is 18.6. The summed E-state index contributed by atoms with van der Waals surface area (Å²) in [5.74, 6) is -1.62. The lowest BCUT2D eigenvalue weighted by Crippen LogP contribution is -2.50. The maximum absolute atomic E-state index is 15.1. The Kier molecular flexibility index (Phi) is 5.46. The monoisotopic (exact) mass is 446 g/mol. The Morgan fingerprint density at radius 1 is 0.818 bits per heavy atom. The Morgan fingerprint density at radius 2 is 1.27 bits per heavy atom. The molecule has 5 heteroatoms. The molecule has 0 spiro atoms. The van der Waals surface area contributed by atoms with Crippen molar-refractivity contribution in [2.75, 3.05) is 6.61 Å². The van der Waals surface area contributed by atoms with Crippen LogP contribution in [0.3, 0.4) is 0 Å². The summed E-state index contributed by atoms with van der Waals surface area (Å²) < 4.78 is 33.4. The molecule has 33 heavy (non-hydrogen) atoms. The average Bonchev–Trinajstić information content (AvgIpc) is 3.26. The van der Waals surface area contributed by atoms with Crippen molar-refractivity contribution in [2.45, 2.75) is 43.0 Å². The van der Waals surface area contributed by atoms with E-state index in [1.165, 1.54) is 6.08 Å². The summed E-state index contributed by atoms with van der Waals surface area (Å²) in [6, 6.07) is 29.3. The summed E-state index contributed by atoms with van der Waals surface area (Å²) in [5.41, 5.74) is -0.439. The summed E-state index contributed by atoms with van der Waals surface area (Å²) in [7, 11) is 0. The molecule has 1 heterocycles. The molecule has 5 rings (SSSR count). The second-order valence-electron chi connectivity index (χ2n) is 9.03. The zero-order chi connectivity index (χ0) is 23.1. The van der Waals surface area contributed by atoms with Crippen LogP contribution < -0.4 is 0 Å². The van der Waals surface area contributed by atoms with Gasteiger partial charge in [-0.2, -0.15) is 0 Å². The Hall–Kier alpha value is -2.83. The van der Waals surface area contributed by atoms with Crippen LogP contribution in [0, 0.1) is 0 Å². The quantitative estimate of drug-likeness (QED) is 0.535. The Morgan fingerprint density at radius 3 is 1.73 bits per heavy atom. The second-order valence-corrected chi connectivity index (χ2v) is 9.03. The fourth-order valence-electron chi connectivity index (χ4n) is 4.84. The van der Waals surface area contributed by atoms with E-state index in [1.54, 1.807) is 13.8 Å². The first-order valence-corrected chi connectivity index (χ1v) is 11.1. The summed E-state index contributed by atoms with van der Waals surface area (Å²) in [4.78, 5) is 0. The molecule has 170 valence electrons. The highest BCUT2D eigenvalue weighted by atomic mass is 19.1. The van der Waals surface area contributed by atoms with Gasteiger partial charge >= 0.3 is 0 Å². The summed E-state index contributed by atoms with van der Waals surface area (Å²) in [5, 5.41) is 11.5. The van der Waals surface area contributed by atoms with E-state index >= 15 is 4.39 Å². The molecule has 0 unspecified atom stereocenters. The van der Waals surface area contributed by atoms with Crippen LogP contribution in [0.1, 0.15) is 30.5 Å². The van der Waals surface area contributed by atoms with Gasteiger partial charge in [-0.1, -0.05) is 91.0 Å². The van der Waals surface area contributed by atoms with Gasteiger partial charge in [-0.05, 0) is 36.6 Å². The number of rotatable bonds is 6.